The summed E-state index contributed by atoms with van der Waals surface area (Å²) in [5.74, 6) is -0.282. The lowest BCUT2D eigenvalue weighted by Crippen LogP contribution is -2.04. The molecule has 1 heterocycles. The summed E-state index contributed by atoms with van der Waals surface area (Å²) in [4.78, 5) is 14.7. The molecule has 0 aliphatic rings. The molecule has 0 aliphatic carbocycles. The molecular formula is C9H10BrNO2. The van der Waals surface area contributed by atoms with Gasteiger partial charge in [0.15, 0.2) is 0 Å². The van der Waals surface area contributed by atoms with E-state index in [9.17, 15) is 4.79 Å². The first-order chi connectivity index (χ1) is 6.09. The van der Waals surface area contributed by atoms with Crippen LogP contribution in [0.1, 0.15) is 25.5 Å². The summed E-state index contributed by atoms with van der Waals surface area (Å²) in [7, 11) is 0. The Morgan fingerprint density at radius 1 is 1.62 bits per heavy atom. The molecule has 1 aromatic rings. The number of hydrogen-bond donors (Lipinski definition) is 0. The van der Waals surface area contributed by atoms with Gasteiger partial charge in [-0.15, -0.1) is 0 Å². The van der Waals surface area contributed by atoms with Crippen molar-refractivity contribution in [2.75, 3.05) is 0 Å². The summed E-state index contributed by atoms with van der Waals surface area (Å²) in [6.07, 6.45) is 1.44. The standard InChI is InChI=1S/C9H10BrNO2/c1-6(13-7(2)12)8-3-4-9(10)11-5-8/h3-6H,1-2H3. The number of aromatic nitrogens is 1. The number of carbonyl (C=O) groups excluding carboxylic acids is 1. The van der Waals surface area contributed by atoms with E-state index < -0.39 is 0 Å². The Kier molecular flexibility index (Phi) is 3.42. The molecule has 70 valence electrons. The Labute approximate surface area is 85.3 Å². The quantitative estimate of drug-likeness (QED) is 0.592. The minimum absolute atomic E-state index is 0.238. The molecule has 0 bridgehead atoms. The highest BCUT2D eigenvalue weighted by Gasteiger charge is 2.07. The Morgan fingerprint density at radius 3 is 2.77 bits per heavy atom. The zero-order chi connectivity index (χ0) is 9.84. The van der Waals surface area contributed by atoms with Crippen LogP contribution in [0.3, 0.4) is 0 Å². The van der Waals surface area contributed by atoms with Crippen molar-refractivity contribution in [2.45, 2.75) is 20.0 Å². The molecule has 1 unspecified atom stereocenters. The molecule has 0 saturated carbocycles. The largest absolute Gasteiger partial charge is 0.458 e. The average molecular weight is 244 g/mol. The number of rotatable bonds is 2. The van der Waals surface area contributed by atoms with Crippen molar-refractivity contribution in [3.8, 4) is 0 Å². The summed E-state index contributed by atoms with van der Waals surface area (Å²) in [5.41, 5.74) is 0.887. The first-order valence-electron chi connectivity index (χ1n) is 3.88. The topological polar surface area (TPSA) is 39.2 Å². The first-order valence-corrected chi connectivity index (χ1v) is 4.67. The Bertz CT molecular complexity index is 297. The maximum absolute atomic E-state index is 10.6. The molecule has 0 saturated heterocycles. The second-order valence-corrected chi connectivity index (χ2v) is 3.48. The van der Waals surface area contributed by atoms with E-state index in [0.717, 1.165) is 10.2 Å². The highest BCUT2D eigenvalue weighted by molar-refractivity contribution is 9.10. The molecule has 0 aliphatic heterocycles. The van der Waals surface area contributed by atoms with Crippen molar-refractivity contribution >= 4 is 21.9 Å². The molecule has 1 atom stereocenters. The van der Waals surface area contributed by atoms with Gasteiger partial charge in [-0.3, -0.25) is 4.79 Å². The third-order valence-corrected chi connectivity index (χ3v) is 2.03. The number of carbonyl (C=O) groups is 1. The maximum atomic E-state index is 10.6. The van der Waals surface area contributed by atoms with Crippen molar-refractivity contribution in [3.63, 3.8) is 0 Å². The molecule has 1 aromatic heterocycles. The molecule has 0 aromatic carbocycles. The van der Waals surface area contributed by atoms with E-state index in [1.54, 1.807) is 6.20 Å². The van der Waals surface area contributed by atoms with Crippen molar-refractivity contribution in [2.24, 2.45) is 0 Å². The van der Waals surface area contributed by atoms with E-state index in [1.807, 2.05) is 19.1 Å². The molecule has 0 amide bonds. The van der Waals surface area contributed by atoms with Crippen molar-refractivity contribution in [1.29, 1.82) is 0 Å². The van der Waals surface area contributed by atoms with Crippen molar-refractivity contribution in [1.82, 2.24) is 4.98 Å². The lowest BCUT2D eigenvalue weighted by Gasteiger charge is -2.11. The summed E-state index contributed by atoms with van der Waals surface area (Å²) >= 11 is 3.23. The number of esters is 1. The third kappa shape index (κ3) is 3.14. The lowest BCUT2D eigenvalue weighted by molar-refractivity contribution is -0.145. The van der Waals surface area contributed by atoms with E-state index in [-0.39, 0.29) is 12.1 Å². The van der Waals surface area contributed by atoms with Gasteiger partial charge in [-0.05, 0) is 28.9 Å². The van der Waals surface area contributed by atoms with Crippen LogP contribution in [0.5, 0.6) is 0 Å². The summed E-state index contributed by atoms with van der Waals surface area (Å²) < 4.78 is 5.75. The zero-order valence-corrected chi connectivity index (χ0v) is 9.04. The summed E-state index contributed by atoms with van der Waals surface area (Å²) in [6.45, 7) is 3.20. The van der Waals surface area contributed by atoms with E-state index in [0.29, 0.717) is 0 Å². The summed E-state index contributed by atoms with van der Waals surface area (Å²) in [5, 5.41) is 0. The molecular weight excluding hydrogens is 234 g/mol. The second kappa shape index (κ2) is 4.37. The monoisotopic (exact) mass is 243 g/mol. The van der Waals surface area contributed by atoms with E-state index >= 15 is 0 Å². The number of pyridine rings is 1. The van der Waals surface area contributed by atoms with Gasteiger partial charge in [0, 0.05) is 18.7 Å². The molecule has 13 heavy (non-hydrogen) atoms. The van der Waals surface area contributed by atoms with Crippen LogP contribution >= 0.6 is 15.9 Å². The normalized spacial score (nSPS) is 12.2. The number of nitrogens with zero attached hydrogens (tertiary/aromatic N) is 1. The number of hydrogen-bond acceptors (Lipinski definition) is 3. The van der Waals surface area contributed by atoms with Crippen molar-refractivity contribution in [3.05, 3.63) is 28.5 Å². The van der Waals surface area contributed by atoms with Crippen LogP contribution in [0.15, 0.2) is 22.9 Å². The fourth-order valence-electron chi connectivity index (χ4n) is 0.945. The third-order valence-electron chi connectivity index (χ3n) is 1.56. The van der Waals surface area contributed by atoms with Crippen molar-refractivity contribution < 1.29 is 9.53 Å². The molecule has 1 rings (SSSR count). The number of ether oxygens (including phenoxy) is 1. The average Bonchev–Trinajstić information content (AvgIpc) is 2.04. The van der Waals surface area contributed by atoms with Gasteiger partial charge in [0.1, 0.15) is 10.7 Å². The van der Waals surface area contributed by atoms with E-state index in [4.69, 9.17) is 4.74 Å². The fraction of sp³-hybridized carbons (Fsp3) is 0.333. The number of halogens is 1. The highest BCUT2D eigenvalue weighted by atomic mass is 79.9. The van der Waals surface area contributed by atoms with Crippen LogP contribution in [0, 0.1) is 0 Å². The first kappa shape index (κ1) is 10.2. The zero-order valence-electron chi connectivity index (χ0n) is 7.45. The summed E-state index contributed by atoms with van der Waals surface area (Å²) in [6, 6.07) is 3.68. The van der Waals surface area contributed by atoms with Gasteiger partial charge in [-0.2, -0.15) is 0 Å². The van der Waals surface area contributed by atoms with Gasteiger partial charge >= 0.3 is 5.97 Å². The minimum atomic E-state index is -0.282. The molecule has 0 N–H and O–H groups in total. The van der Waals surface area contributed by atoms with Crippen LogP contribution in [0.4, 0.5) is 0 Å². The van der Waals surface area contributed by atoms with Crippen LogP contribution in [-0.2, 0) is 9.53 Å². The fourth-order valence-corrected chi connectivity index (χ4v) is 1.18. The lowest BCUT2D eigenvalue weighted by atomic mass is 10.2. The predicted octanol–water partition coefficient (Wildman–Crippen LogP) is 2.47. The van der Waals surface area contributed by atoms with Gasteiger partial charge in [-0.25, -0.2) is 4.98 Å². The maximum Gasteiger partial charge on any atom is 0.303 e. The van der Waals surface area contributed by atoms with Gasteiger partial charge in [0.2, 0.25) is 0 Å². The highest BCUT2D eigenvalue weighted by Crippen LogP contribution is 2.17. The smallest absolute Gasteiger partial charge is 0.303 e. The van der Waals surface area contributed by atoms with Crippen LogP contribution < -0.4 is 0 Å². The predicted molar refractivity (Wildman–Crippen MR) is 52.1 cm³/mol. The molecule has 0 radical (unpaired) electrons. The Balaban J connectivity index is 2.71. The van der Waals surface area contributed by atoms with E-state index in [2.05, 4.69) is 20.9 Å². The molecule has 3 nitrogen and oxygen atoms in total. The second-order valence-electron chi connectivity index (χ2n) is 2.67. The van der Waals surface area contributed by atoms with Gasteiger partial charge in [0.25, 0.3) is 0 Å². The Hall–Kier alpha value is -0.900. The van der Waals surface area contributed by atoms with Gasteiger partial charge in [0.05, 0.1) is 0 Å². The SMILES string of the molecule is CC(=O)OC(C)c1ccc(Br)nc1. The molecule has 0 spiro atoms. The molecule has 4 heteroatoms. The minimum Gasteiger partial charge on any atom is -0.458 e. The molecule has 0 fully saturated rings. The van der Waals surface area contributed by atoms with Gasteiger partial charge < -0.3 is 4.74 Å². The Morgan fingerprint density at radius 2 is 2.31 bits per heavy atom. The van der Waals surface area contributed by atoms with Crippen LogP contribution in [0.25, 0.3) is 0 Å². The van der Waals surface area contributed by atoms with Gasteiger partial charge in [-0.1, -0.05) is 6.07 Å². The van der Waals surface area contributed by atoms with E-state index in [1.165, 1.54) is 6.92 Å². The van der Waals surface area contributed by atoms with Crippen LogP contribution in [0.2, 0.25) is 0 Å². The van der Waals surface area contributed by atoms with Crippen LogP contribution in [-0.4, -0.2) is 11.0 Å².